The molecule has 0 radical (unpaired) electrons. The highest BCUT2D eigenvalue weighted by atomic mass is 35.5. The monoisotopic (exact) mass is 271 g/mol. The molecule has 94 valence electrons. The lowest BCUT2D eigenvalue weighted by Gasteiger charge is -2.33. The Balaban J connectivity index is 2.10. The molecule has 1 aliphatic rings. The van der Waals surface area contributed by atoms with Crippen LogP contribution in [0.4, 0.5) is 0 Å². The Morgan fingerprint density at radius 2 is 2.41 bits per heavy atom. The van der Waals surface area contributed by atoms with E-state index in [2.05, 4.69) is 13.8 Å². The van der Waals surface area contributed by atoms with Gasteiger partial charge in [-0.25, -0.2) is 0 Å². The molecule has 2 heterocycles. The van der Waals surface area contributed by atoms with E-state index < -0.39 is 0 Å². The van der Waals surface area contributed by atoms with Gasteiger partial charge in [-0.1, -0.05) is 13.8 Å². The normalized spacial score (nSPS) is 25.0. The van der Waals surface area contributed by atoms with Crippen LogP contribution >= 0.6 is 22.9 Å². The van der Waals surface area contributed by atoms with Crippen LogP contribution in [0, 0.1) is 5.92 Å². The summed E-state index contributed by atoms with van der Waals surface area (Å²) in [5.74, 6) is 0.670. The van der Waals surface area contributed by atoms with Crippen LogP contribution in [0.3, 0.4) is 0 Å². The van der Waals surface area contributed by atoms with Crippen molar-refractivity contribution in [2.75, 3.05) is 13.1 Å². The van der Waals surface area contributed by atoms with Crippen LogP contribution in [0.5, 0.6) is 0 Å². The van der Waals surface area contributed by atoms with E-state index >= 15 is 0 Å². The lowest BCUT2D eigenvalue weighted by Crippen LogP contribution is -2.43. The van der Waals surface area contributed by atoms with Gasteiger partial charge in [0, 0.05) is 13.1 Å². The van der Waals surface area contributed by atoms with Crippen molar-refractivity contribution in [3.05, 3.63) is 21.9 Å². The maximum atomic E-state index is 12.4. The molecule has 1 aliphatic heterocycles. The fourth-order valence-electron chi connectivity index (χ4n) is 2.15. The Bertz CT molecular complexity index is 404. The number of aryl methyl sites for hydroxylation is 1. The van der Waals surface area contributed by atoms with Crippen LogP contribution in [-0.2, 0) is 6.42 Å². The van der Waals surface area contributed by atoms with Crippen LogP contribution in [0.2, 0.25) is 0 Å². The number of alkyl halides is 1. The number of hydrogen-bond donors (Lipinski definition) is 0. The molecule has 2 atom stereocenters. The average Bonchev–Trinajstić information content (AvgIpc) is 2.80. The van der Waals surface area contributed by atoms with Gasteiger partial charge in [0.2, 0.25) is 0 Å². The van der Waals surface area contributed by atoms with Crippen LogP contribution in [0.15, 0.2) is 11.4 Å². The molecule has 2 unspecified atom stereocenters. The van der Waals surface area contributed by atoms with E-state index in [0.29, 0.717) is 12.5 Å². The second kappa shape index (κ2) is 5.40. The van der Waals surface area contributed by atoms with Crippen molar-refractivity contribution >= 4 is 28.8 Å². The van der Waals surface area contributed by atoms with Gasteiger partial charge < -0.3 is 4.90 Å². The first kappa shape index (κ1) is 12.9. The molecule has 1 amide bonds. The molecular weight excluding hydrogens is 254 g/mol. The predicted octanol–water partition coefficient (Wildman–Crippen LogP) is 3.40. The number of nitrogens with zero attached hydrogens (tertiary/aromatic N) is 1. The summed E-state index contributed by atoms with van der Waals surface area (Å²) in [5, 5.41) is 2.09. The van der Waals surface area contributed by atoms with Crippen LogP contribution in [0.25, 0.3) is 0 Å². The minimum absolute atomic E-state index is 0.0951. The summed E-state index contributed by atoms with van der Waals surface area (Å²) in [5.41, 5.74) is 1.16. The maximum absolute atomic E-state index is 12.4. The van der Waals surface area contributed by atoms with Crippen LogP contribution < -0.4 is 0 Å². The van der Waals surface area contributed by atoms with E-state index in [0.717, 1.165) is 29.8 Å². The summed E-state index contributed by atoms with van der Waals surface area (Å²) >= 11 is 7.79. The fraction of sp³-hybridized carbons (Fsp3) is 0.615. The van der Waals surface area contributed by atoms with Crippen molar-refractivity contribution in [1.82, 2.24) is 4.90 Å². The van der Waals surface area contributed by atoms with E-state index in [1.165, 1.54) is 0 Å². The molecule has 0 aliphatic carbocycles. The summed E-state index contributed by atoms with van der Waals surface area (Å²) in [6.45, 7) is 5.76. The van der Waals surface area contributed by atoms with E-state index in [9.17, 15) is 4.79 Å². The summed E-state index contributed by atoms with van der Waals surface area (Å²) in [6.07, 6.45) is 1.92. The number of piperidine rings is 1. The van der Waals surface area contributed by atoms with Crippen molar-refractivity contribution in [3.63, 3.8) is 0 Å². The van der Waals surface area contributed by atoms with E-state index in [4.69, 9.17) is 11.6 Å². The number of likely N-dealkylation sites (tertiary alicyclic amines) is 1. The van der Waals surface area contributed by atoms with Crippen LogP contribution in [0.1, 0.15) is 35.5 Å². The third kappa shape index (κ3) is 2.66. The molecule has 0 spiro atoms. The average molecular weight is 272 g/mol. The zero-order valence-electron chi connectivity index (χ0n) is 10.3. The highest BCUT2D eigenvalue weighted by Crippen LogP contribution is 2.25. The topological polar surface area (TPSA) is 20.3 Å². The molecule has 1 fully saturated rings. The Labute approximate surface area is 112 Å². The lowest BCUT2D eigenvalue weighted by atomic mass is 9.98. The van der Waals surface area contributed by atoms with Crippen molar-refractivity contribution < 1.29 is 4.79 Å². The molecule has 0 bridgehead atoms. The first-order valence-corrected chi connectivity index (χ1v) is 7.44. The SMILES string of the molecule is CCc1ccsc1C(=O)N1CCC(C)C(Cl)C1. The number of hydrogen-bond acceptors (Lipinski definition) is 2. The quantitative estimate of drug-likeness (QED) is 0.755. The molecule has 2 nitrogen and oxygen atoms in total. The number of amides is 1. The largest absolute Gasteiger partial charge is 0.336 e. The van der Waals surface area contributed by atoms with E-state index in [-0.39, 0.29) is 11.3 Å². The third-order valence-corrected chi connectivity index (χ3v) is 4.99. The number of carbonyl (C=O) groups is 1. The summed E-state index contributed by atoms with van der Waals surface area (Å²) < 4.78 is 0. The highest BCUT2D eigenvalue weighted by Gasteiger charge is 2.29. The predicted molar refractivity (Wildman–Crippen MR) is 73.0 cm³/mol. The van der Waals surface area contributed by atoms with Crippen molar-refractivity contribution in [2.24, 2.45) is 5.92 Å². The molecule has 0 aromatic carbocycles. The Hall–Kier alpha value is -0.540. The van der Waals surface area contributed by atoms with Gasteiger partial charge >= 0.3 is 0 Å². The summed E-state index contributed by atoms with van der Waals surface area (Å²) in [7, 11) is 0. The lowest BCUT2D eigenvalue weighted by molar-refractivity contribution is 0.0705. The number of rotatable bonds is 2. The van der Waals surface area contributed by atoms with Gasteiger partial charge in [-0.05, 0) is 35.8 Å². The first-order chi connectivity index (χ1) is 8.13. The summed E-state index contributed by atoms with van der Waals surface area (Å²) in [4.78, 5) is 15.2. The Morgan fingerprint density at radius 1 is 1.65 bits per heavy atom. The minimum Gasteiger partial charge on any atom is -0.336 e. The molecule has 17 heavy (non-hydrogen) atoms. The molecule has 1 aromatic heterocycles. The highest BCUT2D eigenvalue weighted by molar-refractivity contribution is 7.12. The van der Waals surface area contributed by atoms with Crippen LogP contribution in [-0.4, -0.2) is 29.3 Å². The molecule has 4 heteroatoms. The molecule has 0 saturated carbocycles. The third-order valence-electron chi connectivity index (χ3n) is 3.48. The zero-order valence-corrected chi connectivity index (χ0v) is 11.9. The van der Waals surface area contributed by atoms with Crippen molar-refractivity contribution in [1.29, 1.82) is 0 Å². The number of thiophene rings is 1. The Kier molecular flexibility index (Phi) is 4.10. The van der Waals surface area contributed by atoms with Gasteiger partial charge in [0.25, 0.3) is 5.91 Å². The van der Waals surface area contributed by atoms with Gasteiger partial charge in [-0.15, -0.1) is 22.9 Å². The maximum Gasteiger partial charge on any atom is 0.264 e. The first-order valence-electron chi connectivity index (χ1n) is 6.13. The van der Waals surface area contributed by atoms with Gasteiger partial charge in [0.1, 0.15) is 0 Å². The van der Waals surface area contributed by atoms with Gasteiger partial charge in [0.15, 0.2) is 0 Å². The minimum atomic E-state index is 0.0951. The van der Waals surface area contributed by atoms with Crippen molar-refractivity contribution in [3.8, 4) is 0 Å². The molecule has 1 aromatic rings. The van der Waals surface area contributed by atoms with Gasteiger partial charge in [0.05, 0.1) is 10.3 Å². The second-order valence-corrected chi connectivity index (χ2v) is 6.14. The fourth-order valence-corrected chi connectivity index (χ4v) is 3.41. The standard InChI is InChI=1S/C13H18ClNOS/c1-3-10-5-7-17-12(10)13(16)15-6-4-9(2)11(14)8-15/h5,7,9,11H,3-4,6,8H2,1-2H3. The summed E-state index contributed by atoms with van der Waals surface area (Å²) in [6, 6.07) is 2.04. The Morgan fingerprint density at radius 3 is 3.06 bits per heavy atom. The van der Waals surface area contributed by atoms with Gasteiger partial charge in [-0.3, -0.25) is 4.79 Å². The second-order valence-electron chi connectivity index (χ2n) is 4.66. The zero-order chi connectivity index (χ0) is 12.4. The van der Waals surface area contributed by atoms with Crippen molar-refractivity contribution in [2.45, 2.75) is 32.1 Å². The van der Waals surface area contributed by atoms with E-state index in [1.807, 2.05) is 16.3 Å². The van der Waals surface area contributed by atoms with Gasteiger partial charge in [-0.2, -0.15) is 0 Å². The number of halogens is 1. The molecule has 2 rings (SSSR count). The molecule has 0 N–H and O–H groups in total. The van der Waals surface area contributed by atoms with E-state index in [1.54, 1.807) is 11.3 Å². The smallest absolute Gasteiger partial charge is 0.264 e. The number of carbonyl (C=O) groups excluding carboxylic acids is 1. The molecule has 1 saturated heterocycles. The molecular formula is C13H18ClNOS.